The van der Waals surface area contributed by atoms with Crippen molar-refractivity contribution in [3.8, 4) is 0 Å². The zero-order chi connectivity index (χ0) is 19.3. The quantitative estimate of drug-likeness (QED) is 0.795. The number of hydrogen-bond acceptors (Lipinski definition) is 6. The maximum absolute atomic E-state index is 15.3. The molecule has 0 amide bonds. The van der Waals surface area contributed by atoms with Gasteiger partial charge in [0, 0.05) is 28.4 Å². The molecule has 1 aromatic carbocycles. The average Bonchev–Trinajstić information content (AvgIpc) is 3.25. The molecule has 1 spiro atoms. The fraction of sp³-hybridized carbons (Fsp3) is 0.167. The molecule has 0 saturated heterocycles. The van der Waals surface area contributed by atoms with Crippen molar-refractivity contribution in [2.24, 2.45) is 4.99 Å². The van der Waals surface area contributed by atoms with Crippen molar-refractivity contribution in [3.63, 3.8) is 0 Å². The molecule has 1 aliphatic heterocycles. The number of aromatic nitrogens is 1. The Kier molecular flexibility index (Phi) is 3.92. The van der Waals surface area contributed by atoms with Gasteiger partial charge < -0.3 is 10.1 Å². The molecule has 0 fully saturated rings. The summed E-state index contributed by atoms with van der Waals surface area (Å²) in [6.07, 6.45) is 1.54. The second-order valence-electron chi connectivity index (χ2n) is 5.94. The summed E-state index contributed by atoms with van der Waals surface area (Å²) in [6.45, 7) is 1.53. The van der Waals surface area contributed by atoms with Crippen LogP contribution in [0.25, 0.3) is 5.83 Å². The van der Waals surface area contributed by atoms with Crippen molar-refractivity contribution < 1.29 is 22.7 Å². The molecule has 2 aromatic rings. The Morgan fingerprint density at radius 1 is 1.30 bits per heavy atom. The lowest BCUT2D eigenvalue weighted by Gasteiger charge is -2.33. The highest BCUT2D eigenvalue weighted by atomic mass is 32.1. The molecule has 1 unspecified atom stereocenters. The van der Waals surface area contributed by atoms with Gasteiger partial charge in [-0.25, -0.2) is 27.9 Å². The molecule has 5 nitrogen and oxygen atoms in total. The number of hydrogen-bond donors (Lipinski definition) is 1. The minimum atomic E-state index is -2.10. The van der Waals surface area contributed by atoms with Crippen molar-refractivity contribution in [2.45, 2.75) is 12.5 Å². The Morgan fingerprint density at radius 3 is 2.74 bits per heavy atom. The summed E-state index contributed by atoms with van der Waals surface area (Å²) in [5, 5.41) is 5.04. The summed E-state index contributed by atoms with van der Waals surface area (Å²) in [7, 11) is 1.13. The molecule has 1 N–H and O–H groups in total. The van der Waals surface area contributed by atoms with E-state index >= 15 is 4.39 Å². The summed E-state index contributed by atoms with van der Waals surface area (Å²) >= 11 is 1.24. The van der Waals surface area contributed by atoms with Crippen LogP contribution in [0.15, 0.2) is 51.9 Å². The number of esters is 1. The van der Waals surface area contributed by atoms with E-state index in [0.717, 1.165) is 19.2 Å². The van der Waals surface area contributed by atoms with Gasteiger partial charge in [-0.2, -0.15) is 0 Å². The summed E-state index contributed by atoms with van der Waals surface area (Å²) in [4.78, 5) is 21.0. The van der Waals surface area contributed by atoms with Gasteiger partial charge in [-0.15, -0.1) is 11.3 Å². The lowest BCUT2D eigenvalue weighted by atomic mass is 9.81. The van der Waals surface area contributed by atoms with Crippen LogP contribution in [0.4, 0.5) is 13.2 Å². The van der Waals surface area contributed by atoms with Crippen LogP contribution in [-0.4, -0.2) is 23.9 Å². The van der Waals surface area contributed by atoms with Crippen molar-refractivity contribution in [1.29, 1.82) is 0 Å². The van der Waals surface area contributed by atoms with Crippen molar-refractivity contribution >= 4 is 29.0 Å². The summed E-state index contributed by atoms with van der Waals surface area (Å²) < 4.78 is 48.5. The highest BCUT2D eigenvalue weighted by molar-refractivity contribution is 7.11. The maximum Gasteiger partial charge on any atom is 0.338 e. The van der Waals surface area contributed by atoms with E-state index in [4.69, 9.17) is 4.74 Å². The number of methoxy groups -OCH3 is 1. The number of nitrogens with one attached hydrogen (secondary N) is 1. The monoisotopic (exact) mass is 391 g/mol. The van der Waals surface area contributed by atoms with Crippen LogP contribution in [0.3, 0.4) is 0 Å². The minimum Gasteiger partial charge on any atom is -0.466 e. The standard InChI is InChI=1S/C18H12F3N3O2S/c1-8-12(17(25)26-2)18(24-15(23-8)16-22-5-6-27-16)11-4-3-9(19)7-10(11)13(20)14(18)21/h3-7H,1-2H3,(H,23,24). The smallest absolute Gasteiger partial charge is 0.338 e. The Hall–Kier alpha value is -2.94. The molecule has 0 bridgehead atoms. The number of aliphatic imine (C=N–C) groups is 1. The van der Waals surface area contributed by atoms with Crippen LogP contribution in [0.5, 0.6) is 0 Å². The van der Waals surface area contributed by atoms with Gasteiger partial charge in [0.2, 0.25) is 0 Å². The number of fused-ring (bicyclic) bond motifs is 2. The molecule has 1 aliphatic carbocycles. The van der Waals surface area contributed by atoms with E-state index in [-0.39, 0.29) is 28.2 Å². The van der Waals surface area contributed by atoms with Crippen LogP contribution in [0.2, 0.25) is 0 Å². The summed E-state index contributed by atoms with van der Waals surface area (Å²) in [5.41, 5.74) is -2.33. The molecular formula is C18H12F3N3O2S. The van der Waals surface area contributed by atoms with Crippen LogP contribution in [0.1, 0.15) is 23.1 Å². The first-order valence-electron chi connectivity index (χ1n) is 7.82. The van der Waals surface area contributed by atoms with Crippen LogP contribution in [0, 0.1) is 5.82 Å². The Balaban J connectivity index is 2.07. The van der Waals surface area contributed by atoms with Gasteiger partial charge in [-0.3, -0.25) is 0 Å². The number of halogens is 3. The maximum atomic E-state index is 15.3. The zero-order valence-electron chi connectivity index (χ0n) is 14.1. The zero-order valence-corrected chi connectivity index (χ0v) is 15.0. The topological polar surface area (TPSA) is 63.6 Å². The molecule has 1 atom stereocenters. The fourth-order valence-electron chi connectivity index (χ4n) is 3.37. The summed E-state index contributed by atoms with van der Waals surface area (Å²) in [5.74, 6) is -3.98. The molecule has 0 saturated carbocycles. The van der Waals surface area contributed by atoms with Gasteiger partial charge in [0.15, 0.2) is 28.0 Å². The minimum absolute atomic E-state index is 0.0224. The van der Waals surface area contributed by atoms with E-state index in [1.54, 1.807) is 5.38 Å². The molecular weight excluding hydrogens is 379 g/mol. The number of ether oxygens (including phenoxy) is 1. The molecule has 0 radical (unpaired) electrons. The number of rotatable bonds is 2. The summed E-state index contributed by atoms with van der Waals surface area (Å²) in [6, 6.07) is 3.17. The Morgan fingerprint density at radius 2 is 2.07 bits per heavy atom. The highest BCUT2D eigenvalue weighted by Crippen LogP contribution is 2.54. The number of carbonyl (C=O) groups is 1. The van der Waals surface area contributed by atoms with E-state index in [0.29, 0.717) is 5.01 Å². The van der Waals surface area contributed by atoms with Gasteiger partial charge in [-0.1, -0.05) is 6.07 Å². The van der Waals surface area contributed by atoms with E-state index in [1.807, 2.05) is 0 Å². The van der Waals surface area contributed by atoms with E-state index in [1.165, 1.54) is 30.5 Å². The highest BCUT2D eigenvalue weighted by Gasteiger charge is 2.55. The van der Waals surface area contributed by atoms with Gasteiger partial charge in [-0.05, 0) is 19.1 Å². The van der Waals surface area contributed by atoms with Gasteiger partial charge >= 0.3 is 5.97 Å². The van der Waals surface area contributed by atoms with Crippen LogP contribution >= 0.6 is 11.3 Å². The van der Waals surface area contributed by atoms with Gasteiger partial charge in [0.1, 0.15) is 5.82 Å². The predicted octanol–water partition coefficient (Wildman–Crippen LogP) is 3.60. The lowest BCUT2D eigenvalue weighted by Crippen LogP contribution is -2.42. The third kappa shape index (κ3) is 2.34. The molecule has 9 heteroatoms. The van der Waals surface area contributed by atoms with Crippen molar-refractivity contribution in [1.82, 2.24) is 10.3 Å². The lowest BCUT2D eigenvalue weighted by molar-refractivity contribution is -0.137. The SMILES string of the molecule is COC(=O)C1=C(C)NC(c2nccs2)=NC12C(F)=C(F)c1cc(F)ccc12. The number of amidine groups is 1. The number of nitrogens with zero attached hydrogens (tertiary/aromatic N) is 2. The van der Waals surface area contributed by atoms with E-state index in [2.05, 4.69) is 15.3 Å². The number of allylic oxidation sites excluding steroid dienone is 1. The fourth-order valence-corrected chi connectivity index (χ4v) is 3.95. The van der Waals surface area contributed by atoms with Crippen LogP contribution < -0.4 is 5.32 Å². The predicted molar refractivity (Wildman–Crippen MR) is 93.7 cm³/mol. The van der Waals surface area contributed by atoms with Crippen LogP contribution in [-0.2, 0) is 15.1 Å². The van der Waals surface area contributed by atoms with Gasteiger partial charge in [0.05, 0.1) is 12.7 Å². The van der Waals surface area contributed by atoms with E-state index in [9.17, 15) is 13.6 Å². The van der Waals surface area contributed by atoms with Crippen molar-refractivity contribution in [3.05, 3.63) is 68.8 Å². The second kappa shape index (κ2) is 6.05. The first-order valence-corrected chi connectivity index (χ1v) is 8.70. The molecule has 138 valence electrons. The second-order valence-corrected chi connectivity index (χ2v) is 6.84. The van der Waals surface area contributed by atoms with E-state index < -0.39 is 29.0 Å². The largest absolute Gasteiger partial charge is 0.466 e. The first kappa shape index (κ1) is 17.5. The molecule has 1 aromatic heterocycles. The third-order valence-corrected chi connectivity index (χ3v) is 5.24. The normalized spacial score (nSPS) is 21.3. The molecule has 2 heterocycles. The first-order chi connectivity index (χ1) is 12.9. The molecule has 27 heavy (non-hydrogen) atoms. The van der Waals surface area contributed by atoms with Gasteiger partial charge in [0.25, 0.3) is 0 Å². The molecule has 4 rings (SSSR count). The Labute approximate surface area is 155 Å². The number of carbonyl (C=O) groups excluding carboxylic acids is 1. The average molecular weight is 391 g/mol. The third-order valence-electron chi connectivity index (χ3n) is 4.46. The molecule has 2 aliphatic rings. The Bertz CT molecular complexity index is 1060. The number of benzene rings is 1. The van der Waals surface area contributed by atoms with Crippen molar-refractivity contribution in [2.75, 3.05) is 7.11 Å². The number of thiazole rings is 1.